The molecule has 0 bridgehead atoms. The molecule has 7 heteroatoms. The fourth-order valence-corrected chi connectivity index (χ4v) is 5.70. The molecular formula is C19H26F2N2O2S. The second kappa shape index (κ2) is 6.84. The zero-order chi connectivity index (χ0) is 18.4. The van der Waals surface area contributed by atoms with E-state index in [-0.39, 0.29) is 37.4 Å². The van der Waals surface area contributed by atoms with Crippen LogP contribution in [-0.4, -0.2) is 61.0 Å². The molecule has 3 aliphatic heterocycles. The summed E-state index contributed by atoms with van der Waals surface area (Å²) in [4.78, 5) is 18.7. The lowest BCUT2D eigenvalue weighted by Crippen LogP contribution is -2.45. The quantitative estimate of drug-likeness (QED) is 0.782. The van der Waals surface area contributed by atoms with E-state index in [1.165, 1.54) is 21.8 Å². The maximum Gasteiger partial charge on any atom is 0.263 e. The minimum absolute atomic E-state index is 0.0963. The number of ether oxygens (including phenoxy) is 1. The Morgan fingerprint density at radius 2 is 1.88 bits per heavy atom. The lowest BCUT2D eigenvalue weighted by Gasteiger charge is -2.43. The second-order valence-corrected chi connectivity index (χ2v) is 8.69. The molecule has 0 unspecified atom stereocenters. The molecule has 2 saturated heterocycles. The molecule has 26 heavy (non-hydrogen) atoms. The van der Waals surface area contributed by atoms with Gasteiger partial charge in [0.25, 0.3) is 11.8 Å². The summed E-state index contributed by atoms with van der Waals surface area (Å²) in [6.07, 6.45) is 2.28. The van der Waals surface area contributed by atoms with Crippen molar-refractivity contribution < 1.29 is 18.3 Å². The predicted molar refractivity (Wildman–Crippen MR) is 97.1 cm³/mol. The van der Waals surface area contributed by atoms with Gasteiger partial charge in [0.05, 0.1) is 11.5 Å². The van der Waals surface area contributed by atoms with E-state index in [0.29, 0.717) is 11.5 Å². The van der Waals surface area contributed by atoms with E-state index in [0.717, 1.165) is 38.9 Å². The van der Waals surface area contributed by atoms with Gasteiger partial charge in [-0.3, -0.25) is 4.79 Å². The van der Waals surface area contributed by atoms with Gasteiger partial charge in [-0.15, -0.1) is 11.3 Å². The van der Waals surface area contributed by atoms with Crippen molar-refractivity contribution in [3.63, 3.8) is 0 Å². The van der Waals surface area contributed by atoms with Crippen LogP contribution in [0.25, 0.3) is 0 Å². The van der Waals surface area contributed by atoms with Crippen LogP contribution in [0.15, 0.2) is 6.07 Å². The third-order valence-corrected chi connectivity index (χ3v) is 7.43. The van der Waals surface area contributed by atoms with E-state index in [2.05, 4.69) is 11.8 Å². The van der Waals surface area contributed by atoms with Gasteiger partial charge in [0.2, 0.25) is 0 Å². The topological polar surface area (TPSA) is 32.8 Å². The number of fused-ring (bicyclic) bond motifs is 2. The van der Waals surface area contributed by atoms with Crippen LogP contribution >= 0.6 is 11.3 Å². The van der Waals surface area contributed by atoms with E-state index in [1.807, 2.05) is 6.07 Å². The van der Waals surface area contributed by atoms with Gasteiger partial charge in [0.1, 0.15) is 5.60 Å². The molecule has 4 rings (SSSR count). The van der Waals surface area contributed by atoms with Gasteiger partial charge < -0.3 is 14.5 Å². The van der Waals surface area contributed by atoms with Crippen LogP contribution in [0.4, 0.5) is 8.78 Å². The first-order valence-corrected chi connectivity index (χ1v) is 10.4. The Bertz CT molecular complexity index is 673. The number of hydrogen-bond acceptors (Lipinski definition) is 4. The summed E-state index contributed by atoms with van der Waals surface area (Å²) in [5.74, 6) is -2.72. The first kappa shape index (κ1) is 18.3. The lowest BCUT2D eigenvalue weighted by molar-refractivity contribution is -0.0944. The monoisotopic (exact) mass is 384 g/mol. The molecule has 1 aromatic heterocycles. The molecule has 0 radical (unpaired) electrons. The maximum absolute atomic E-state index is 13.4. The average Bonchev–Trinajstić information content (AvgIpc) is 3.08. The van der Waals surface area contributed by atoms with Crippen LogP contribution in [0.5, 0.6) is 0 Å². The molecule has 1 aromatic rings. The Morgan fingerprint density at radius 1 is 1.19 bits per heavy atom. The number of nitrogens with zero attached hydrogens (tertiary/aromatic N) is 2. The SMILES string of the molecule is CCN1CCC2(CC1)OCCc1cc(C(=O)N3CCC(F)(F)CC3)sc12. The Kier molecular flexibility index (Phi) is 4.82. The number of alkyl halides is 2. The predicted octanol–water partition coefficient (Wildman–Crippen LogP) is 3.50. The molecule has 4 nitrogen and oxygen atoms in total. The number of carbonyl (C=O) groups excluding carboxylic acids is 1. The largest absolute Gasteiger partial charge is 0.369 e. The normalized spacial score (nSPS) is 25.3. The molecule has 2 fully saturated rings. The Morgan fingerprint density at radius 3 is 2.54 bits per heavy atom. The molecule has 3 aliphatic rings. The molecule has 1 spiro atoms. The standard InChI is InChI=1S/C19H26F2N2O2S/c1-2-22-8-4-18(5-9-22)16-14(3-12-25-18)13-15(26-16)17(24)23-10-6-19(20,21)7-11-23/h13H,2-12H2,1H3. The highest BCUT2D eigenvalue weighted by Gasteiger charge is 2.43. The zero-order valence-electron chi connectivity index (χ0n) is 15.2. The van der Waals surface area contributed by atoms with Crippen molar-refractivity contribution in [3.8, 4) is 0 Å². The highest BCUT2D eigenvalue weighted by molar-refractivity contribution is 7.14. The summed E-state index contributed by atoms with van der Waals surface area (Å²) in [6.45, 7) is 6.23. The van der Waals surface area contributed by atoms with Gasteiger partial charge in [0, 0.05) is 43.9 Å². The Labute approximate surface area is 157 Å². The first-order chi connectivity index (χ1) is 12.4. The number of likely N-dealkylation sites (tertiary alicyclic amines) is 2. The molecule has 4 heterocycles. The third kappa shape index (κ3) is 3.29. The summed E-state index contributed by atoms with van der Waals surface area (Å²) in [5, 5.41) is 0. The van der Waals surface area contributed by atoms with Crippen molar-refractivity contribution in [2.45, 2.75) is 50.6 Å². The zero-order valence-corrected chi connectivity index (χ0v) is 16.0. The first-order valence-electron chi connectivity index (χ1n) is 9.59. The average molecular weight is 384 g/mol. The summed E-state index contributed by atoms with van der Waals surface area (Å²) in [5.41, 5.74) is 0.967. The van der Waals surface area contributed by atoms with Crippen molar-refractivity contribution in [2.75, 3.05) is 39.3 Å². The van der Waals surface area contributed by atoms with Gasteiger partial charge in [-0.1, -0.05) is 6.92 Å². The summed E-state index contributed by atoms with van der Waals surface area (Å²) >= 11 is 1.53. The van der Waals surface area contributed by atoms with Gasteiger partial charge in [-0.2, -0.15) is 0 Å². The van der Waals surface area contributed by atoms with Gasteiger partial charge >= 0.3 is 0 Å². The smallest absolute Gasteiger partial charge is 0.263 e. The van der Waals surface area contributed by atoms with Crippen LogP contribution in [0.1, 0.15) is 52.7 Å². The van der Waals surface area contributed by atoms with Crippen molar-refractivity contribution in [1.82, 2.24) is 9.80 Å². The number of thiophene rings is 1. The number of rotatable bonds is 2. The summed E-state index contributed by atoms with van der Waals surface area (Å²) in [6, 6.07) is 1.99. The van der Waals surface area contributed by atoms with Crippen molar-refractivity contribution in [1.29, 1.82) is 0 Å². The van der Waals surface area contributed by atoms with Gasteiger partial charge in [-0.05, 0) is 37.4 Å². The van der Waals surface area contributed by atoms with E-state index in [4.69, 9.17) is 4.74 Å². The fraction of sp³-hybridized carbons (Fsp3) is 0.737. The van der Waals surface area contributed by atoms with Gasteiger partial charge in [-0.25, -0.2) is 8.78 Å². The van der Waals surface area contributed by atoms with Gasteiger partial charge in [0.15, 0.2) is 0 Å². The third-order valence-electron chi connectivity index (χ3n) is 6.08. The highest BCUT2D eigenvalue weighted by Crippen LogP contribution is 2.45. The molecule has 0 saturated carbocycles. The number of halogens is 2. The second-order valence-electron chi connectivity index (χ2n) is 7.64. The van der Waals surface area contributed by atoms with Crippen LogP contribution in [0, 0.1) is 0 Å². The van der Waals surface area contributed by atoms with Crippen LogP contribution in [0.3, 0.4) is 0 Å². The Hall–Kier alpha value is -1.05. The molecule has 144 valence electrons. The minimum Gasteiger partial charge on any atom is -0.369 e. The molecule has 0 aromatic carbocycles. The maximum atomic E-state index is 13.4. The molecule has 0 aliphatic carbocycles. The van der Waals surface area contributed by atoms with E-state index in [9.17, 15) is 13.6 Å². The number of carbonyl (C=O) groups is 1. The molecular weight excluding hydrogens is 358 g/mol. The van der Waals surface area contributed by atoms with Crippen molar-refractivity contribution in [3.05, 3.63) is 21.4 Å². The van der Waals surface area contributed by atoms with E-state index >= 15 is 0 Å². The summed E-state index contributed by atoms with van der Waals surface area (Å²) < 4.78 is 33.0. The highest BCUT2D eigenvalue weighted by atomic mass is 32.1. The summed E-state index contributed by atoms with van der Waals surface area (Å²) in [7, 11) is 0. The van der Waals surface area contributed by atoms with Crippen LogP contribution < -0.4 is 0 Å². The molecule has 0 atom stereocenters. The van der Waals surface area contributed by atoms with Crippen LogP contribution in [-0.2, 0) is 16.8 Å². The number of amides is 1. The fourth-order valence-electron chi connectivity index (χ4n) is 4.32. The Balaban J connectivity index is 1.53. The van der Waals surface area contributed by atoms with E-state index in [1.54, 1.807) is 4.90 Å². The van der Waals surface area contributed by atoms with Crippen molar-refractivity contribution >= 4 is 17.2 Å². The van der Waals surface area contributed by atoms with E-state index < -0.39 is 5.92 Å². The van der Waals surface area contributed by atoms with Crippen molar-refractivity contribution in [2.24, 2.45) is 0 Å². The number of hydrogen-bond donors (Lipinski definition) is 0. The number of piperidine rings is 2. The van der Waals surface area contributed by atoms with Crippen LogP contribution in [0.2, 0.25) is 0 Å². The minimum atomic E-state index is -2.63. The molecule has 1 amide bonds. The molecule has 0 N–H and O–H groups in total. The lowest BCUT2D eigenvalue weighted by atomic mass is 9.85.